The van der Waals surface area contributed by atoms with Crippen molar-refractivity contribution in [2.45, 2.75) is 38.5 Å². The van der Waals surface area contributed by atoms with Crippen LogP contribution in [0, 0.1) is 13.8 Å². The summed E-state index contributed by atoms with van der Waals surface area (Å²) in [5.41, 5.74) is 4.67. The highest BCUT2D eigenvalue weighted by Gasteiger charge is 2.16. The Hall–Kier alpha value is -4.11. The molecule has 0 saturated heterocycles. The van der Waals surface area contributed by atoms with Gasteiger partial charge in [-0.1, -0.05) is 59.8 Å². The Bertz CT molecular complexity index is 1390. The average Bonchev–Trinajstić information content (AvgIpc) is 3.33. The number of nitrogens with one attached hydrogen (secondary N) is 2. The molecule has 0 spiro atoms. The van der Waals surface area contributed by atoms with Crippen molar-refractivity contribution >= 4 is 29.3 Å². The lowest BCUT2D eigenvalue weighted by Gasteiger charge is -2.12. The van der Waals surface area contributed by atoms with Crippen molar-refractivity contribution in [1.82, 2.24) is 20.1 Å². The lowest BCUT2D eigenvalue weighted by molar-refractivity contribution is -0.113. The number of rotatable bonds is 11. The molecule has 8 nitrogen and oxygen atoms in total. The van der Waals surface area contributed by atoms with E-state index < -0.39 is 0 Å². The van der Waals surface area contributed by atoms with Gasteiger partial charge in [0, 0.05) is 17.8 Å². The van der Waals surface area contributed by atoms with Crippen molar-refractivity contribution in [2.75, 3.05) is 18.2 Å². The molecule has 38 heavy (non-hydrogen) atoms. The summed E-state index contributed by atoms with van der Waals surface area (Å²) < 4.78 is 7.13. The van der Waals surface area contributed by atoms with Gasteiger partial charge in [0.25, 0.3) is 5.91 Å². The normalized spacial score (nSPS) is 10.7. The summed E-state index contributed by atoms with van der Waals surface area (Å²) in [6.07, 6.45) is 0.765. The first-order chi connectivity index (χ1) is 18.4. The van der Waals surface area contributed by atoms with E-state index in [0.717, 1.165) is 23.2 Å². The quantitative estimate of drug-likeness (QED) is 0.271. The fraction of sp³-hybridized carbons (Fsp3) is 0.241. The van der Waals surface area contributed by atoms with Gasteiger partial charge in [-0.2, -0.15) is 0 Å². The molecule has 0 aliphatic heterocycles. The molecule has 0 saturated carbocycles. The van der Waals surface area contributed by atoms with Crippen LogP contribution in [0.1, 0.15) is 32.9 Å². The second-order valence-electron chi connectivity index (χ2n) is 8.85. The summed E-state index contributed by atoms with van der Waals surface area (Å²) in [5, 5.41) is 15.2. The molecular formula is C29H31N5O3S. The highest BCUT2D eigenvalue weighted by atomic mass is 32.2. The van der Waals surface area contributed by atoms with E-state index in [0.29, 0.717) is 28.8 Å². The van der Waals surface area contributed by atoms with Crippen LogP contribution in [0.4, 0.5) is 5.69 Å². The fourth-order valence-electron chi connectivity index (χ4n) is 3.94. The fourth-order valence-corrected chi connectivity index (χ4v) is 4.72. The number of nitrogens with zero attached hydrogens (tertiary/aromatic N) is 3. The number of carbonyl (C=O) groups excluding carboxylic acids is 2. The van der Waals surface area contributed by atoms with Gasteiger partial charge in [0.2, 0.25) is 5.91 Å². The van der Waals surface area contributed by atoms with Crippen LogP contribution in [-0.4, -0.2) is 39.4 Å². The molecule has 0 atom stereocenters. The molecule has 3 aromatic carbocycles. The number of methoxy groups -OCH3 is 1. The monoisotopic (exact) mass is 529 g/mol. The van der Waals surface area contributed by atoms with Crippen molar-refractivity contribution in [3.05, 3.63) is 101 Å². The summed E-state index contributed by atoms with van der Waals surface area (Å²) in [5.74, 6) is 1.17. The third-order valence-corrected chi connectivity index (χ3v) is 6.97. The van der Waals surface area contributed by atoms with E-state index in [1.54, 1.807) is 31.4 Å². The van der Waals surface area contributed by atoms with Gasteiger partial charge in [0.05, 0.1) is 19.4 Å². The number of amides is 2. The van der Waals surface area contributed by atoms with Crippen LogP contribution in [0.3, 0.4) is 0 Å². The Balaban J connectivity index is 1.43. The SMILES string of the molecule is COc1ccc(C(=O)NCc2nnc(SCC(=O)Nc3ccc(C)cc3C)n2CCc2ccccc2)cc1. The molecule has 1 aromatic heterocycles. The van der Waals surface area contributed by atoms with Crippen molar-refractivity contribution in [1.29, 1.82) is 0 Å². The molecule has 2 N–H and O–H groups in total. The number of hydrogen-bond acceptors (Lipinski definition) is 6. The molecule has 196 valence electrons. The van der Waals surface area contributed by atoms with Crippen molar-refractivity contribution in [2.24, 2.45) is 0 Å². The van der Waals surface area contributed by atoms with Crippen LogP contribution in [0.5, 0.6) is 5.75 Å². The van der Waals surface area contributed by atoms with Crippen LogP contribution >= 0.6 is 11.8 Å². The van der Waals surface area contributed by atoms with Crippen molar-refractivity contribution in [3.63, 3.8) is 0 Å². The van der Waals surface area contributed by atoms with Gasteiger partial charge in [-0.3, -0.25) is 9.59 Å². The number of aryl methyl sites for hydroxylation is 3. The maximum Gasteiger partial charge on any atom is 0.251 e. The van der Waals surface area contributed by atoms with Crippen LogP contribution in [0.25, 0.3) is 0 Å². The summed E-state index contributed by atoms with van der Waals surface area (Å²) >= 11 is 1.32. The minimum Gasteiger partial charge on any atom is -0.497 e. The summed E-state index contributed by atoms with van der Waals surface area (Å²) in [7, 11) is 1.58. The van der Waals surface area contributed by atoms with Crippen molar-refractivity contribution < 1.29 is 14.3 Å². The molecule has 9 heteroatoms. The number of thioether (sulfide) groups is 1. The van der Waals surface area contributed by atoms with E-state index in [2.05, 4.69) is 33.0 Å². The first kappa shape index (κ1) is 26.9. The highest BCUT2D eigenvalue weighted by molar-refractivity contribution is 7.99. The third-order valence-electron chi connectivity index (χ3n) is 6.01. The maximum absolute atomic E-state index is 12.7. The van der Waals surface area contributed by atoms with E-state index in [-0.39, 0.29) is 24.1 Å². The lowest BCUT2D eigenvalue weighted by Crippen LogP contribution is -2.25. The molecule has 0 bridgehead atoms. The molecular weight excluding hydrogens is 498 g/mol. The smallest absolute Gasteiger partial charge is 0.251 e. The van der Waals surface area contributed by atoms with Gasteiger partial charge in [0.15, 0.2) is 11.0 Å². The van der Waals surface area contributed by atoms with Gasteiger partial charge in [-0.05, 0) is 61.7 Å². The molecule has 0 unspecified atom stereocenters. The van der Waals surface area contributed by atoms with Crippen LogP contribution in [0.15, 0.2) is 78.0 Å². The Labute approximate surface area is 226 Å². The molecule has 0 aliphatic carbocycles. The second kappa shape index (κ2) is 12.9. The number of ether oxygens (including phenoxy) is 1. The molecule has 0 aliphatic rings. The zero-order valence-electron chi connectivity index (χ0n) is 21.7. The Kier molecular flexibility index (Phi) is 9.16. The van der Waals surface area contributed by atoms with Gasteiger partial charge in [0.1, 0.15) is 5.75 Å². The molecule has 0 fully saturated rings. The molecule has 4 rings (SSSR count). The lowest BCUT2D eigenvalue weighted by atomic mass is 10.1. The summed E-state index contributed by atoms with van der Waals surface area (Å²) in [6, 6.07) is 23.0. The third kappa shape index (κ3) is 7.23. The summed E-state index contributed by atoms with van der Waals surface area (Å²) in [4.78, 5) is 25.4. The van der Waals surface area contributed by atoms with Crippen molar-refractivity contribution in [3.8, 4) is 5.75 Å². The minimum atomic E-state index is -0.215. The second-order valence-corrected chi connectivity index (χ2v) is 9.79. The van der Waals surface area contributed by atoms with E-state index in [1.165, 1.54) is 17.3 Å². The Morgan fingerprint density at radius 3 is 2.45 bits per heavy atom. The predicted molar refractivity (Wildman–Crippen MR) is 150 cm³/mol. The van der Waals surface area contributed by atoms with Gasteiger partial charge < -0.3 is 19.9 Å². The largest absolute Gasteiger partial charge is 0.497 e. The van der Waals surface area contributed by atoms with Crippen LogP contribution in [-0.2, 0) is 24.3 Å². The average molecular weight is 530 g/mol. The molecule has 1 heterocycles. The first-order valence-corrected chi connectivity index (χ1v) is 13.3. The zero-order valence-corrected chi connectivity index (χ0v) is 22.5. The Morgan fingerprint density at radius 2 is 1.74 bits per heavy atom. The van der Waals surface area contributed by atoms with Crippen LogP contribution in [0.2, 0.25) is 0 Å². The number of carbonyl (C=O) groups is 2. The Morgan fingerprint density at radius 1 is 0.974 bits per heavy atom. The summed E-state index contributed by atoms with van der Waals surface area (Å²) in [6.45, 7) is 4.82. The highest BCUT2D eigenvalue weighted by Crippen LogP contribution is 2.21. The zero-order chi connectivity index (χ0) is 26.9. The number of aromatic nitrogens is 3. The van der Waals surface area contributed by atoms with E-state index >= 15 is 0 Å². The molecule has 2 amide bonds. The van der Waals surface area contributed by atoms with Crippen LogP contribution < -0.4 is 15.4 Å². The van der Waals surface area contributed by atoms with Gasteiger partial charge in [-0.25, -0.2) is 0 Å². The predicted octanol–water partition coefficient (Wildman–Crippen LogP) is 4.81. The topological polar surface area (TPSA) is 98.1 Å². The number of benzene rings is 3. The van der Waals surface area contributed by atoms with Gasteiger partial charge >= 0.3 is 0 Å². The number of anilines is 1. The standard InChI is InChI=1S/C29H31N5O3S/c1-20-9-14-25(21(2)17-20)31-27(35)19-38-29-33-32-26(34(29)16-15-22-7-5-4-6-8-22)18-30-28(36)23-10-12-24(37-3)13-11-23/h4-14,17H,15-16,18-19H2,1-3H3,(H,30,36)(H,31,35). The first-order valence-electron chi connectivity index (χ1n) is 12.3. The number of hydrogen-bond donors (Lipinski definition) is 2. The molecule has 0 radical (unpaired) electrons. The van der Waals surface area contributed by atoms with E-state index in [1.807, 2.05) is 54.8 Å². The molecule has 4 aromatic rings. The van der Waals surface area contributed by atoms with Gasteiger partial charge in [-0.15, -0.1) is 10.2 Å². The van der Waals surface area contributed by atoms with E-state index in [9.17, 15) is 9.59 Å². The maximum atomic E-state index is 12.7. The minimum absolute atomic E-state index is 0.117. The van der Waals surface area contributed by atoms with E-state index in [4.69, 9.17) is 4.74 Å².